The van der Waals surface area contributed by atoms with Gasteiger partial charge in [-0.05, 0) is 30.3 Å². The zero-order valence-electron chi connectivity index (χ0n) is 11.7. The Hall–Kier alpha value is -1.47. The molecule has 2 N–H and O–H groups in total. The Morgan fingerprint density at radius 1 is 1.00 bits per heavy atom. The van der Waals surface area contributed by atoms with Crippen molar-refractivity contribution in [3.8, 4) is 0 Å². The highest BCUT2D eigenvalue weighted by molar-refractivity contribution is 7.92. The number of anilines is 2. The second-order valence-electron chi connectivity index (χ2n) is 4.62. The minimum Gasteiger partial charge on any atom is -0.319 e. The quantitative estimate of drug-likeness (QED) is 0.814. The lowest BCUT2D eigenvalue weighted by molar-refractivity contribution is 0.102. The van der Waals surface area contributed by atoms with Crippen molar-refractivity contribution in [3.05, 3.63) is 57.0 Å². The number of hydrogen-bond donors (Lipinski definition) is 2. The molecule has 0 fully saturated rings. The van der Waals surface area contributed by atoms with Gasteiger partial charge < -0.3 is 5.32 Å². The summed E-state index contributed by atoms with van der Waals surface area (Å²) in [7, 11) is -3.47. The first-order chi connectivity index (χ1) is 10.7. The summed E-state index contributed by atoms with van der Waals surface area (Å²) in [5.41, 5.74) is 0.544. The van der Waals surface area contributed by atoms with E-state index < -0.39 is 15.9 Å². The maximum Gasteiger partial charge on any atom is 0.257 e. The van der Waals surface area contributed by atoms with Gasteiger partial charge in [0.25, 0.3) is 5.91 Å². The molecule has 0 radical (unpaired) electrons. The van der Waals surface area contributed by atoms with Crippen LogP contribution >= 0.6 is 34.8 Å². The van der Waals surface area contributed by atoms with E-state index in [2.05, 4.69) is 10.0 Å². The summed E-state index contributed by atoms with van der Waals surface area (Å²) in [6.07, 6.45) is 1.00. The van der Waals surface area contributed by atoms with Crippen molar-refractivity contribution in [2.75, 3.05) is 16.3 Å². The minimum absolute atomic E-state index is 0.0799. The highest BCUT2D eigenvalue weighted by Crippen LogP contribution is 2.31. The Balaban J connectivity index is 2.34. The van der Waals surface area contributed by atoms with Crippen LogP contribution < -0.4 is 10.0 Å². The van der Waals surface area contributed by atoms with E-state index in [4.69, 9.17) is 34.8 Å². The van der Waals surface area contributed by atoms with Crippen molar-refractivity contribution in [2.24, 2.45) is 0 Å². The molecule has 0 bridgehead atoms. The summed E-state index contributed by atoms with van der Waals surface area (Å²) in [4.78, 5) is 12.4. The van der Waals surface area contributed by atoms with Gasteiger partial charge in [-0.25, -0.2) is 8.42 Å². The van der Waals surface area contributed by atoms with E-state index in [1.807, 2.05) is 0 Å². The second kappa shape index (κ2) is 6.97. The van der Waals surface area contributed by atoms with Gasteiger partial charge in [0.1, 0.15) is 0 Å². The largest absolute Gasteiger partial charge is 0.319 e. The van der Waals surface area contributed by atoms with Crippen LogP contribution in [0.1, 0.15) is 10.4 Å². The predicted molar refractivity (Wildman–Crippen MR) is 94.3 cm³/mol. The van der Waals surface area contributed by atoms with Gasteiger partial charge in [-0.2, -0.15) is 0 Å². The third-order valence-electron chi connectivity index (χ3n) is 2.72. The first-order valence-corrected chi connectivity index (χ1v) is 9.22. The number of sulfonamides is 1. The molecule has 1 amide bonds. The number of rotatable bonds is 4. The van der Waals surface area contributed by atoms with Crippen LogP contribution in [0, 0.1) is 0 Å². The number of carbonyl (C=O) groups is 1. The van der Waals surface area contributed by atoms with E-state index in [9.17, 15) is 13.2 Å². The van der Waals surface area contributed by atoms with Crippen molar-refractivity contribution in [2.45, 2.75) is 0 Å². The topological polar surface area (TPSA) is 75.3 Å². The monoisotopic (exact) mass is 392 g/mol. The molecular weight excluding hydrogens is 383 g/mol. The zero-order chi connectivity index (χ0) is 17.2. The Morgan fingerprint density at radius 3 is 2.17 bits per heavy atom. The van der Waals surface area contributed by atoms with Gasteiger partial charge >= 0.3 is 0 Å². The zero-order valence-corrected chi connectivity index (χ0v) is 14.8. The first kappa shape index (κ1) is 17.9. The van der Waals surface area contributed by atoms with Gasteiger partial charge in [-0.1, -0.05) is 40.9 Å². The number of benzene rings is 2. The number of carbonyl (C=O) groups excluding carboxylic acids is 1. The maximum atomic E-state index is 12.4. The van der Waals surface area contributed by atoms with Crippen molar-refractivity contribution >= 4 is 62.1 Å². The number of amides is 1. The summed E-state index contributed by atoms with van der Waals surface area (Å²) < 4.78 is 24.8. The van der Waals surface area contributed by atoms with Crippen molar-refractivity contribution in [1.82, 2.24) is 0 Å². The molecule has 5 nitrogen and oxygen atoms in total. The number of hydrogen-bond acceptors (Lipinski definition) is 3. The second-order valence-corrected chi connectivity index (χ2v) is 7.59. The van der Waals surface area contributed by atoms with Crippen molar-refractivity contribution in [3.63, 3.8) is 0 Å². The Kier molecular flexibility index (Phi) is 5.41. The Bertz CT molecular complexity index is 849. The molecule has 0 aliphatic carbocycles. The molecule has 0 saturated heterocycles. The van der Waals surface area contributed by atoms with Crippen LogP contribution in [0.25, 0.3) is 0 Å². The number of nitrogens with one attached hydrogen (secondary N) is 2. The number of halogens is 3. The lowest BCUT2D eigenvalue weighted by atomic mass is 10.2. The Morgan fingerprint density at radius 2 is 1.61 bits per heavy atom. The van der Waals surface area contributed by atoms with E-state index in [0.717, 1.165) is 6.26 Å². The minimum atomic E-state index is -3.47. The molecule has 0 aromatic heterocycles. The first-order valence-electron chi connectivity index (χ1n) is 6.20. The fourth-order valence-corrected chi connectivity index (χ4v) is 3.03. The molecule has 0 aliphatic rings. The van der Waals surface area contributed by atoms with Crippen LogP contribution in [0.5, 0.6) is 0 Å². The lowest BCUT2D eigenvalue weighted by Crippen LogP contribution is -2.15. The highest BCUT2D eigenvalue weighted by atomic mass is 35.5. The SMILES string of the molecule is CS(=O)(=O)Nc1ccc(Cl)c(C(=O)Nc2c(Cl)cccc2Cl)c1. The van der Waals surface area contributed by atoms with E-state index in [1.165, 1.54) is 18.2 Å². The molecular formula is C14H11Cl3N2O3S. The average molecular weight is 394 g/mol. The molecule has 0 saturated carbocycles. The predicted octanol–water partition coefficient (Wildman–Crippen LogP) is 4.27. The summed E-state index contributed by atoms with van der Waals surface area (Å²) >= 11 is 18.0. The maximum absolute atomic E-state index is 12.4. The summed E-state index contributed by atoms with van der Waals surface area (Å²) in [5.74, 6) is -0.567. The van der Waals surface area contributed by atoms with Crippen LogP contribution in [0.4, 0.5) is 11.4 Å². The molecule has 0 heterocycles. The van der Waals surface area contributed by atoms with E-state index in [1.54, 1.807) is 18.2 Å². The van der Waals surface area contributed by atoms with Crippen molar-refractivity contribution in [1.29, 1.82) is 0 Å². The van der Waals surface area contributed by atoms with Crippen molar-refractivity contribution < 1.29 is 13.2 Å². The fourth-order valence-electron chi connectivity index (χ4n) is 1.77. The van der Waals surface area contributed by atoms with Crippen LogP contribution in [-0.4, -0.2) is 20.6 Å². The molecule has 0 spiro atoms. The smallest absolute Gasteiger partial charge is 0.257 e. The summed E-state index contributed by atoms with van der Waals surface area (Å²) in [6.45, 7) is 0. The molecule has 2 aromatic rings. The van der Waals surface area contributed by atoms with Gasteiger partial charge in [-0.15, -0.1) is 0 Å². The van der Waals surface area contributed by atoms with E-state index in [-0.39, 0.29) is 32.0 Å². The van der Waals surface area contributed by atoms with Crippen LogP contribution in [0.15, 0.2) is 36.4 Å². The Labute approximate surface area is 148 Å². The summed E-state index contributed by atoms with van der Waals surface area (Å²) in [5, 5.41) is 3.26. The molecule has 9 heteroatoms. The van der Waals surface area contributed by atoms with Crippen LogP contribution in [0.3, 0.4) is 0 Å². The molecule has 0 aliphatic heterocycles. The van der Waals surface area contributed by atoms with Gasteiger partial charge in [0.2, 0.25) is 10.0 Å². The van der Waals surface area contributed by atoms with E-state index in [0.29, 0.717) is 0 Å². The van der Waals surface area contributed by atoms with Gasteiger partial charge in [0, 0.05) is 5.69 Å². The fraction of sp³-hybridized carbons (Fsp3) is 0.0714. The summed E-state index contributed by atoms with van der Waals surface area (Å²) in [6, 6.07) is 8.98. The van der Waals surface area contributed by atoms with Gasteiger partial charge in [0.15, 0.2) is 0 Å². The molecule has 122 valence electrons. The number of para-hydroxylation sites is 1. The molecule has 0 atom stereocenters. The average Bonchev–Trinajstić information content (AvgIpc) is 2.43. The standard InChI is InChI=1S/C14H11Cl3N2O3S/c1-23(21,22)19-8-5-6-10(15)9(7-8)14(20)18-13-11(16)3-2-4-12(13)17/h2-7,19H,1H3,(H,18,20). The van der Waals surface area contributed by atoms with Crippen LogP contribution in [0.2, 0.25) is 15.1 Å². The third-order valence-corrected chi connectivity index (χ3v) is 4.28. The van der Waals surface area contributed by atoms with E-state index >= 15 is 0 Å². The van der Waals surface area contributed by atoms with Crippen LogP contribution in [-0.2, 0) is 10.0 Å². The molecule has 23 heavy (non-hydrogen) atoms. The molecule has 2 aromatic carbocycles. The lowest BCUT2D eigenvalue weighted by Gasteiger charge is -2.11. The molecule has 2 rings (SSSR count). The highest BCUT2D eigenvalue weighted by Gasteiger charge is 2.15. The molecule has 0 unspecified atom stereocenters. The normalized spacial score (nSPS) is 11.1. The van der Waals surface area contributed by atoms with Gasteiger partial charge in [-0.3, -0.25) is 9.52 Å². The van der Waals surface area contributed by atoms with Gasteiger partial charge in [0.05, 0.1) is 32.6 Å². The third kappa shape index (κ3) is 4.75.